The largest absolute Gasteiger partial charge is 0.478 e. The van der Waals surface area contributed by atoms with E-state index in [1.165, 1.54) is 12.1 Å². The van der Waals surface area contributed by atoms with Gasteiger partial charge in [0, 0.05) is 51.0 Å². The summed E-state index contributed by atoms with van der Waals surface area (Å²) in [5, 5.41) is 12.3. The van der Waals surface area contributed by atoms with Gasteiger partial charge in [-0.15, -0.1) is 0 Å². The quantitative estimate of drug-likeness (QED) is 0.861. The van der Waals surface area contributed by atoms with Crippen molar-refractivity contribution in [2.75, 3.05) is 32.7 Å². The Hall–Kier alpha value is -2.44. The smallest absolute Gasteiger partial charge is 0.335 e. The number of rotatable bonds is 5. The van der Waals surface area contributed by atoms with Crippen molar-refractivity contribution in [1.82, 2.24) is 14.8 Å². The van der Waals surface area contributed by atoms with Crippen molar-refractivity contribution in [2.45, 2.75) is 6.54 Å². The molecule has 2 heterocycles. The van der Waals surface area contributed by atoms with Crippen LogP contribution in [0.3, 0.4) is 0 Å². The molecule has 1 fully saturated rings. The van der Waals surface area contributed by atoms with E-state index >= 15 is 0 Å². The molecule has 0 aliphatic carbocycles. The standard InChI is InChI=1S/C18H21N3O3/c22-17-16(14-3-5-15(6-4-14)18(23)24)2-1-9-21(17)13-12-20-10-7-19-8-11-20/h1-6,9,19H,7-8,10-13H2,(H,23,24). The predicted molar refractivity (Wildman–Crippen MR) is 92.4 cm³/mol. The Balaban J connectivity index is 1.77. The SMILES string of the molecule is O=C(O)c1ccc(-c2cccn(CCN3CCNCC3)c2=O)cc1. The van der Waals surface area contributed by atoms with Crippen molar-refractivity contribution in [3.05, 3.63) is 58.5 Å². The molecule has 0 atom stereocenters. The first kappa shape index (κ1) is 16.4. The maximum Gasteiger partial charge on any atom is 0.335 e. The number of aromatic carboxylic acids is 1. The van der Waals surface area contributed by atoms with Crippen molar-refractivity contribution < 1.29 is 9.90 Å². The van der Waals surface area contributed by atoms with Gasteiger partial charge >= 0.3 is 5.97 Å². The Morgan fingerprint density at radius 3 is 2.46 bits per heavy atom. The summed E-state index contributed by atoms with van der Waals surface area (Å²) in [6.45, 7) is 5.49. The summed E-state index contributed by atoms with van der Waals surface area (Å²) in [7, 11) is 0. The number of nitrogens with one attached hydrogen (secondary N) is 1. The lowest BCUT2D eigenvalue weighted by Gasteiger charge is -2.27. The number of carbonyl (C=O) groups is 1. The summed E-state index contributed by atoms with van der Waals surface area (Å²) in [6, 6.07) is 10.0. The molecule has 2 N–H and O–H groups in total. The topological polar surface area (TPSA) is 74.6 Å². The highest BCUT2D eigenvalue weighted by Gasteiger charge is 2.11. The third kappa shape index (κ3) is 3.72. The summed E-state index contributed by atoms with van der Waals surface area (Å²) in [6.07, 6.45) is 1.81. The fourth-order valence-corrected chi connectivity index (χ4v) is 2.91. The molecular weight excluding hydrogens is 306 g/mol. The molecule has 1 aromatic carbocycles. The van der Waals surface area contributed by atoms with Crippen LogP contribution < -0.4 is 10.9 Å². The molecule has 0 radical (unpaired) electrons. The number of nitrogens with zero attached hydrogens (tertiary/aromatic N) is 2. The van der Waals surface area contributed by atoms with Crippen molar-refractivity contribution in [3.8, 4) is 11.1 Å². The van der Waals surface area contributed by atoms with Gasteiger partial charge in [-0.2, -0.15) is 0 Å². The fourth-order valence-electron chi connectivity index (χ4n) is 2.91. The molecule has 0 unspecified atom stereocenters. The normalized spacial score (nSPS) is 15.3. The zero-order valence-electron chi connectivity index (χ0n) is 13.4. The van der Waals surface area contributed by atoms with Crippen molar-refractivity contribution in [1.29, 1.82) is 0 Å². The maximum absolute atomic E-state index is 12.7. The third-order valence-corrected chi connectivity index (χ3v) is 4.33. The summed E-state index contributed by atoms with van der Waals surface area (Å²) in [5.41, 5.74) is 1.50. The minimum absolute atomic E-state index is 0.0456. The van der Waals surface area contributed by atoms with E-state index in [0.717, 1.165) is 38.3 Å². The molecule has 6 heteroatoms. The third-order valence-electron chi connectivity index (χ3n) is 4.33. The number of aromatic nitrogens is 1. The zero-order chi connectivity index (χ0) is 16.9. The average molecular weight is 327 g/mol. The van der Waals surface area contributed by atoms with Crippen LogP contribution in [0.15, 0.2) is 47.4 Å². The molecule has 24 heavy (non-hydrogen) atoms. The van der Waals surface area contributed by atoms with Crippen LogP contribution >= 0.6 is 0 Å². The first-order chi connectivity index (χ1) is 11.6. The zero-order valence-corrected chi connectivity index (χ0v) is 13.4. The monoisotopic (exact) mass is 327 g/mol. The van der Waals surface area contributed by atoms with E-state index in [4.69, 9.17) is 5.11 Å². The van der Waals surface area contributed by atoms with Crippen LogP contribution in [0.2, 0.25) is 0 Å². The lowest BCUT2D eigenvalue weighted by molar-refractivity contribution is 0.0697. The Morgan fingerprint density at radius 1 is 1.08 bits per heavy atom. The molecule has 0 spiro atoms. The van der Waals surface area contributed by atoms with Gasteiger partial charge in [-0.25, -0.2) is 4.79 Å². The molecule has 1 aliphatic heterocycles. The second-order valence-corrected chi connectivity index (χ2v) is 5.89. The Labute approximate surface area is 140 Å². The molecular formula is C18H21N3O3. The molecule has 2 aromatic rings. The molecule has 6 nitrogen and oxygen atoms in total. The Kier molecular flexibility index (Phi) is 5.08. The van der Waals surface area contributed by atoms with Gasteiger partial charge < -0.3 is 15.0 Å². The number of hydrogen-bond donors (Lipinski definition) is 2. The van der Waals surface area contributed by atoms with E-state index in [0.29, 0.717) is 12.1 Å². The minimum Gasteiger partial charge on any atom is -0.478 e. The molecule has 1 aliphatic rings. The van der Waals surface area contributed by atoms with Gasteiger partial charge in [-0.05, 0) is 29.8 Å². The van der Waals surface area contributed by atoms with Crippen LogP contribution in [0.5, 0.6) is 0 Å². The average Bonchev–Trinajstić information content (AvgIpc) is 2.62. The van der Waals surface area contributed by atoms with Crippen LogP contribution in [0.1, 0.15) is 10.4 Å². The van der Waals surface area contributed by atoms with Gasteiger partial charge in [0.15, 0.2) is 0 Å². The summed E-state index contributed by atoms with van der Waals surface area (Å²) in [4.78, 5) is 26.0. The summed E-state index contributed by atoms with van der Waals surface area (Å²) in [5.74, 6) is -0.969. The fraction of sp³-hybridized carbons (Fsp3) is 0.333. The predicted octanol–water partition coefficient (Wildman–Crippen LogP) is 1.12. The number of piperazine rings is 1. The van der Waals surface area contributed by atoms with Crippen molar-refractivity contribution in [3.63, 3.8) is 0 Å². The van der Waals surface area contributed by atoms with Gasteiger partial charge in [-0.3, -0.25) is 9.69 Å². The molecule has 0 amide bonds. The van der Waals surface area contributed by atoms with E-state index in [-0.39, 0.29) is 11.1 Å². The first-order valence-corrected chi connectivity index (χ1v) is 8.11. The number of pyridine rings is 1. The van der Waals surface area contributed by atoms with E-state index in [1.54, 1.807) is 29.0 Å². The van der Waals surface area contributed by atoms with E-state index < -0.39 is 5.97 Å². The van der Waals surface area contributed by atoms with Crippen LogP contribution in [-0.4, -0.2) is 53.3 Å². The minimum atomic E-state index is -0.969. The molecule has 1 saturated heterocycles. The number of carboxylic acid groups (broad SMARTS) is 1. The van der Waals surface area contributed by atoms with Gasteiger partial charge in [-0.1, -0.05) is 12.1 Å². The highest BCUT2D eigenvalue weighted by atomic mass is 16.4. The van der Waals surface area contributed by atoms with Crippen LogP contribution in [0.25, 0.3) is 11.1 Å². The number of benzene rings is 1. The van der Waals surface area contributed by atoms with E-state index in [2.05, 4.69) is 10.2 Å². The molecule has 0 saturated carbocycles. The highest BCUT2D eigenvalue weighted by Crippen LogP contribution is 2.16. The Morgan fingerprint density at radius 2 is 1.79 bits per heavy atom. The molecule has 126 valence electrons. The number of hydrogen-bond acceptors (Lipinski definition) is 4. The lowest BCUT2D eigenvalue weighted by Crippen LogP contribution is -2.45. The van der Waals surface area contributed by atoms with Gasteiger partial charge in [0.2, 0.25) is 0 Å². The molecule has 3 rings (SSSR count). The van der Waals surface area contributed by atoms with Gasteiger partial charge in [0.25, 0.3) is 5.56 Å². The summed E-state index contributed by atoms with van der Waals surface area (Å²) >= 11 is 0. The first-order valence-electron chi connectivity index (χ1n) is 8.11. The van der Waals surface area contributed by atoms with Gasteiger partial charge in [0.05, 0.1) is 5.56 Å². The van der Waals surface area contributed by atoms with E-state index in [1.807, 2.05) is 6.07 Å². The van der Waals surface area contributed by atoms with Crippen molar-refractivity contribution >= 4 is 5.97 Å². The van der Waals surface area contributed by atoms with E-state index in [9.17, 15) is 9.59 Å². The lowest BCUT2D eigenvalue weighted by atomic mass is 10.1. The van der Waals surface area contributed by atoms with Gasteiger partial charge in [0.1, 0.15) is 0 Å². The summed E-state index contributed by atoms with van der Waals surface area (Å²) < 4.78 is 1.72. The second-order valence-electron chi connectivity index (χ2n) is 5.89. The van der Waals surface area contributed by atoms with Crippen LogP contribution in [0.4, 0.5) is 0 Å². The molecule has 1 aromatic heterocycles. The molecule has 0 bridgehead atoms. The second kappa shape index (κ2) is 7.42. The highest BCUT2D eigenvalue weighted by molar-refractivity contribution is 5.88. The number of carboxylic acids is 1. The van der Waals surface area contributed by atoms with Crippen LogP contribution in [0, 0.1) is 0 Å². The Bertz CT molecular complexity index is 762. The van der Waals surface area contributed by atoms with Crippen molar-refractivity contribution in [2.24, 2.45) is 0 Å². The maximum atomic E-state index is 12.7. The van der Waals surface area contributed by atoms with Crippen LogP contribution in [-0.2, 0) is 6.54 Å².